The van der Waals surface area contributed by atoms with Gasteiger partial charge in [0.15, 0.2) is 0 Å². The first kappa shape index (κ1) is 14.5. The molecule has 5 nitrogen and oxygen atoms in total. The summed E-state index contributed by atoms with van der Waals surface area (Å²) in [5.74, 6) is -0.00789. The highest BCUT2D eigenvalue weighted by Crippen LogP contribution is 2.16. The third-order valence-electron chi connectivity index (χ3n) is 3.93. The molecule has 0 saturated carbocycles. The third-order valence-corrected chi connectivity index (χ3v) is 3.93. The molecule has 4 N–H and O–H groups in total. The maximum Gasteiger partial charge on any atom is 0.224 e. The van der Waals surface area contributed by atoms with Crippen LogP contribution >= 0.6 is 0 Å². The number of nitrogens with one attached hydrogen (secondary N) is 2. The molecule has 0 fully saturated rings. The number of nitrogens with zero attached hydrogens (tertiary/aromatic N) is 1. The van der Waals surface area contributed by atoms with Crippen LogP contribution in [0, 0.1) is 0 Å². The molecular formula is C15H22N4O. The largest absolute Gasteiger partial charge is 0.354 e. The summed E-state index contributed by atoms with van der Waals surface area (Å²) in [6.07, 6.45) is 5.61. The summed E-state index contributed by atoms with van der Waals surface area (Å²) in [5.41, 5.74) is 7.64. The molecular weight excluding hydrogens is 252 g/mol. The molecule has 0 aliphatic carbocycles. The molecule has 0 aliphatic heterocycles. The van der Waals surface area contributed by atoms with Crippen LogP contribution in [-0.4, -0.2) is 28.0 Å². The van der Waals surface area contributed by atoms with E-state index in [-0.39, 0.29) is 11.4 Å². The van der Waals surface area contributed by atoms with Gasteiger partial charge in [0.2, 0.25) is 5.91 Å². The van der Waals surface area contributed by atoms with Crippen LogP contribution in [0.2, 0.25) is 0 Å². The van der Waals surface area contributed by atoms with Gasteiger partial charge in [-0.2, -0.15) is 0 Å². The Morgan fingerprint density at radius 3 is 2.90 bits per heavy atom. The molecule has 2 aromatic rings. The smallest absolute Gasteiger partial charge is 0.224 e. The van der Waals surface area contributed by atoms with Crippen molar-refractivity contribution in [2.24, 2.45) is 5.73 Å². The Balaban J connectivity index is 1.98. The molecule has 2 aromatic heterocycles. The molecule has 0 radical (unpaired) electrons. The van der Waals surface area contributed by atoms with Crippen molar-refractivity contribution in [1.29, 1.82) is 0 Å². The summed E-state index contributed by atoms with van der Waals surface area (Å²) >= 11 is 0. The molecule has 20 heavy (non-hydrogen) atoms. The van der Waals surface area contributed by atoms with Gasteiger partial charge in [-0.15, -0.1) is 0 Å². The molecule has 0 aromatic carbocycles. The summed E-state index contributed by atoms with van der Waals surface area (Å²) in [6, 6.07) is 3.84. The fourth-order valence-electron chi connectivity index (χ4n) is 2.17. The summed E-state index contributed by atoms with van der Waals surface area (Å²) in [5, 5.41) is 3.92. The SMILES string of the molecule is CCC(N)(CC)CNC(=O)Cc1c[nH]c2ncccc12. The van der Waals surface area contributed by atoms with Crippen molar-refractivity contribution in [1.82, 2.24) is 15.3 Å². The maximum absolute atomic E-state index is 12.0. The number of hydrogen-bond donors (Lipinski definition) is 3. The molecule has 1 amide bonds. The Kier molecular flexibility index (Phi) is 4.39. The van der Waals surface area contributed by atoms with E-state index in [2.05, 4.69) is 15.3 Å². The van der Waals surface area contributed by atoms with Gasteiger partial charge in [-0.05, 0) is 30.5 Å². The van der Waals surface area contributed by atoms with Crippen molar-refractivity contribution in [2.75, 3.05) is 6.54 Å². The zero-order chi connectivity index (χ0) is 14.6. The lowest BCUT2D eigenvalue weighted by Crippen LogP contribution is -2.49. The quantitative estimate of drug-likeness (QED) is 0.750. The first-order valence-electron chi connectivity index (χ1n) is 7.04. The lowest BCUT2D eigenvalue weighted by Gasteiger charge is -2.26. The second-order valence-electron chi connectivity index (χ2n) is 5.24. The van der Waals surface area contributed by atoms with Gasteiger partial charge in [0.1, 0.15) is 5.65 Å². The minimum absolute atomic E-state index is 0.00789. The minimum Gasteiger partial charge on any atom is -0.354 e. The van der Waals surface area contributed by atoms with Gasteiger partial charge < -0.3 is 16.0 Å². The number of amides is 1. The number of fused-ring (bicyclic) bond motifs is 1. The molecule has 0 atom stereocenters. The third kappa shape index (κ3) is 3.17. The number of carbonyl (C=O) groups is 1. The number of nitrogens with two attached hydrogens (primary N) is 1. The summed E-state index contributed by atoms with van der Waals surface area (Å²) < 4.78 is 0. The van der Waals surface area contributed by atoms with E-state index in [9.17, 15) is 4.79 Å². The highest BCUT2D eigenvalue weighted by molar-refractivity contribution is 5.87. The van der Waals surface area contributed by atoms with E-state index in [0.717, 1.165) is 29.4 Å². The molecule has 0 saturated heterocycles. The summed E-state index contributed by atoms with van der Waals surface area (Å²) in [6.45, 7) is 4.60. The molecule has 0 bridgehead atoms. The predicted molar refractivity (Wildman–Crippen MR) is 80.3 cm³/mol. The highest BCUT2D eigenvalue weighted by Gasteiger charge is 2.21. The topological polar surface area (TPSA) is 83.8 Å². The number of aromatic nitrogens is 2. The molecule has 2 rings (SSSR count). The predicted octanol–water partition coefficient (Wildman–Crippen LogP) is 1.74. The zero-order valence-electron chi connectivity index (χ0n) is 12.1. The van der Waals surface area contributed by atoms with Crippen LogP contribution in [0.15, 0.2) is 24.5 Å². The van der Waals surface area contributed by atoms with Gasteiger partial charge in [0.25, 0.3) is 0 Å². The number of pyridine rings is 1. The molecule has 108 valence electrons. The van der Waals surface area contributed by atoms with Crippen LogP contribution in [0.1, 0.15) is 32.3 Å². The Hall–Kier alpha value is -1.88. The van der Waals surface area contributed by atoms with Gasteiger partial charge in [-0.25, -0.2) is 4.98 Å². The zero-order valence-corrected chi connectivity index (χ0v) is 12.1. The van der Waals surface area contributed by atoms with Crippen LogP contribution in [0.4, 0.5) is 0 Å². The van der Waals surface area contributed by atoms with Gasteiger partial charge >= 0.3 is 0 Å². The van der Waals surface area contributed by atoms with Crippen LogP contribution in [0.3, 0.4) is 0 Å². The van der Waals surface area contributed by atoms with Crippen molar-refractivity contribution in [3.8, 4) is 0 Å². The Morgan fingerprint density at radius 2 is 2.20 bits per heavy atom. The first-order valence-corrected chi connectivity index (χ1v) is 7.04. The Labute approximate surface area is 119 Å². The van der Waals surface area contributed by atoms with Crippen LogP contribution in [0.5, 0.6) is 0 Å². The highest BCUT2D eigenvalue weighted by atomic mass is 16.1. The fraction of sp³-hybridized carbons (Fsp3) is 0.467. The van der Waals surface area contributed by atoms with E-state index in [1.807, 2.05) is 32.2 Å². The summed E-state index contributed by atoms with van der Waals surface area (Å²) in [4.78, 5) is 19.3. The Morgan fingerprint density at radius 1 is 1.45 bits per heavy atom. The number of rotatable bonds is 6. The summed E-state index contributed by atoms with van der Waals surface area (Å²) in [7, 11) is 0. The number of carbonyl (C=O) groups excluding carboxylic acids is 1. The second kappa shape index (κ2) is 6.05. The lowest BCUT2D eigenvalue weighted by molar-refractivity contribution is -0.120. The van der Waals surface area contributed by atoms with Gasteiger partial charge in [-0.3, -0.25) is 4.79 Å². The molecule has 2 heterocycles. The average molecular weight is 274 g/mol. The van der Waals surface area contributed by atoms with E-state index in [1.165, 1.54) is 0 Å². The van der Waals surface area contributed by atoms with E-state index < -0.39 is 0 Å². The molecule has 0 aliphatic rings. The van der Waals surface area contributed by atoms with Crippen molar-refractivity contribution in [2.45, 2.75) is 38.6 Å². The number of aromatic amines is 1. The lowest BCUT2D eigenvalue weighted by atomic mass is 9.94. The number of hydrogen-bond acceptors (Lipinski definition) is 3. The first-order chi connectivity index (χ1) is 9.58. The second-order valence-corrected chi connectivity index (χ2v) is 5.24. The van der Waals surface area contributed by atoms with E-state index in [0.29, 0.717) is 13.0 Å². The molecule has 5 heteroatoms. The van der Waals surface area contributed by atoms with Crippen molar-refractivity contribution >= 4 is 16.9 Å². The van der Waals surface area contributed by atoms with Crippen molar-refractivity contribution < 1.29 is 4.79 Å². The maximum atomic E-state index is 12.0. The van der Waals surface area contributed by atoms with Crippen LogP contribution in [0.25, 0.3) is 11.0 Å². The minimum atomic E-state index is -0.308. The van der Waals surface area contributed by atoms with Crippen LogP contribution < -0.4 is 11.1 Å². The van der Waals surface area contributed by atoms with Gasteiger partial charge in [-0.1, -0.05) is 13.8 Å². The fourth-order valence-corrected chi connectivity index (χ4v) is 2.17. The van der Waals surface area contributed by atoms with E-state index in [4.69, 9.17) is 5.73 Å². The van der Waals surface area contributed by atoms with Gasteiger partial charge in [0.05, 0.1) is 6.42 Å². The van der Waals surface area contributed by atoms with Gasteiger partial charge in [0, 0.05) is 29.9 Å². The van der Waals surface area contributed by atoms with Crippen molar-refractivity contribution in [3.63, 3.8) is 0 Å². The normalized spacial score (nSPS) is 11.8. The Bertz CT molecular complexity index is 586. The monoisotopic (exact) mass is 274 g/mol. The van der Waals surface area contributed by atoms with E-state index >= 15 is 0 Å². The van der Waals surface area contributed by atoms with Crippen LogP contribution in [-0.2, 0) is 11.2 Å². The molecule has 0 spiro atoms. The average Bonchev–Trinajstić information content (AvgIpc) is 2.88. The number of H-pyrrole nitrogens is 1. The standard InChI is InChI=1S/C15H22N4O/c1-3-15(16,4-2)10-19-13(20)8-11-9-18-14-12(11)6-5-7-17-14/h5-7,9H,3-4,8,10,16H2,1-2H3,(H,17,18)(H,19,20). The van der Waals surface area contributed by atoms with E-state index in [1.54, 1.807) is 6.20 Å². The van der Waals surface area contributed by atoms with Crippen molar-refractivity contribution in [3.05, 3.63) is 30.1 Å². The molecule has 0 unspecified atom stereocenters.